The predicted molar refractivity (Wildman–Crippen MR) is 38.6 cm³/mol. The lowest BCUT2D eigenvalue weighted by Gasteiger charge is -2.19. The topological polar surface area (TPSA) is 43.1 Å². The summed E-state index contributed by atoms with van der Waals surface area (Å²) in [5.41, 5.74) is -1.85. The Kier molecular flexibility index (Phi) is 1.76. The zero-order valence-corrected chi connectivity index (χ0v) is 6.03. The Bertz CT molecular complexity index is 233. The van der Waals surface area contributed by atoms with E-state index in [1.54, 1.807) is 0 Å². The first kappa shape index (κ1) is 7.91. The van der Waals surface area contributed by atoms with E-state index < -0.39 is 16.6 Å². The molecule has 1 rings (SSSR count). The standard InChI is InChI=1S/C7H8FNO2/c1-7(8)5-3-2-4-6(7)9(10)11/h2-6H,1H3. The van der Waals surface area contributed by atoms with Crippen LogP contribution in [-0.2, 0) is 0 Å². The van der Waals surface area contributed by atoms with Crippen LogP contribution in [0.1, 0.15) is 6.92 Å². The van der Waals surface area contributed by atoms with Gasteiger partial charge in [-0.25, -0.2) is 4.39 Å². The van der Waals surface area contributed by atoms with Gasteiger partial charge in [-0.15, -0.1) is 0 Å². The lowest BCUT2D eigenvalue weighted by atomic mass is 9.95. The van der Waals surface area contributed by atoms with Crippen LogP contribution in [0, 0.1) is 10.1 Å². The molecule has 60 valence electrons. The largest absolute Gasteiger partial charge is 0.268 e. The summed E-state index contributed by atoms with van der Waals surface area (Å²) in [7, 11) is 0. The van der Waals surface area contributed by atoms with Crippen molar-refractivity contribution in [2.75, 3.05) is 0 Å². The van der Waals surface area contributed by atoms with Crippen molar-refractivity contribution in [2.45, 2.75) is 18.6 Å². The van der Waals surface area contributed by atoms with Crippen molar-refractivity contribution in [3.63, 3.8) is 0 Å². The number of rotatable bonds is 1. The number of alkyl halides is 1. The first-order valence-corrected chi connectivity index (χ1v) is 3.22. The van der Waals surface area contributed by atoms with Crippen molar-refractivity contribution >= 4 is 0 Å². The molecule has 11 heavy (non-hydrogen) atoms. The molecule has 1 aliphatic carbocycles. The highest BCUT2D eigenvalue weighted by atomic mass is 19.1. The van der Waals surface area contributed by atoms with Crippen molar-refractivity contribution in [3.8, 4) is 0 Å². The van der Waals surface area contributed by atoms with Crippen molar-refractivity contribution in [3.05, 3.63) is 34.4 Å². The highest BCUT2D eigenvalue weighted by Gasteiger charge is 2.40. The molecule has 2 atom stereocenters. The Balaban J connectivity index is 2.89. The molecule has 0 bridgehead atoms. The fraction of sp³-hybridized carbons (Fsp3) is 0.429. The van der Waals surface area contributed by atoms with E-state index in [9.17, 15) is 14.5 Å². The van der Waals surface area contributed by atoms with Crippen LogP contribution in [0.4, 0.5) is 4.39 Å². The molecule has 0 saturated carbocycles. The zero-order chi connectivity index (χ0) is 8.48. The van der Waals surface area contributed by atoms with Crippen LogP contribution in [0.15, 0.2) is 24.3 Å². The lowest BCUT2D eigenvalue weighted by Crippen LogP contribution is -2.38. The van der Waals surface area contributed by atoms with E-state index in [2.05, 4.69) is 0 Å². The number of nitrogens with zero attached hydrogens (tertiary/aromatic N) is 1. The molecule has 0 aromatic heterocycles. The van der Waals surface area contributed by atoms with Crippen molar-refractivity contribution in [2.24, 2.45) is 0 Å². The van der Waals surface area contributed by atoms with Gasteiger partial charge in [0.1, 0.15) is 0 Å². The molecule has 1 aliphatic rings. The Morgan fingerprint density at radius 3 is 2.64 bits per heavy atom. The van der Waals surface area contributed by atoms with Gasteiger partial charge in [0.05, 0.1) is 0 Å². The quantitative estimate of drug-likeness (QED) is 0.427. The Hall–Kier alpha value is -1.19. The lowest BCUT2D eigenvalue weighted by molar-refractivity contribution is -0.523. The van der Waals surface area contributed by atoms with Gasteiger partial charge in [0, 0.05) is 4.92 Å². The molecule has 0 aliphatic heterocycles. The molecule has 3 nitrogen and oxygen atoms in total. The third kappa shape index (κ3) is 1.45. The Labute approximate surface area is 63.4 Å². The number of halogens is 1. The first-order valence-electron chi connectivity index (χ1n) is 3.22. The Morgan fingerprint density at radius 1 is 1.64 bits per heavy atom. The van der Waals surface area contributed by atoms with Crippen LogP contribution < -0.4 is 0 Å². The second kappa shape index (κ2) is 2.45. The van der Waals surface area contributed by atoms with Gasteiger partial charge in [0.15, 0.2) is 5.67 Å². The average Bonchev–Trinajstić information content (AvgIpc) is 1.85. The summed E-state index contributed by atoms with van der Waals surface area (Å²) >= 11 is 0. The monoisotopic (exact) mass is 157 g/mol. The van der Waals surface area contributed by atoms with Crippen molar-refractivity contribution in [1.82, 2.24) is 0 Å². The summed E-state index contributed by atoms with van der Waals surface area (Å²) in [4.78, 5) is 9.63. The SMILES string of the molecule is CC1(F)C=CC=CC1[N+](=O)[O-]. The maximum Gasteiger partial charge on any atom is 0.268 e. The molecule has 0 N–H and O–H groups in total. The van der Waals surface area contributed by atoms with Crippen LogP contribution in [0.25, 0.3) is 0 Å². The fourth-order valence-electron chi connectivity index (χ4n) is 0.976. The van der Waals surface area contributed by atoms with Crippen LogP contribution >= 0.6 is 0 Å². The van der Waals surface area contributed by atoms with Crippen molar-refractivity contribution < 1.29 is 9.31 Å². The highest BCUT2D eigenvalue weighted by molar-refractivity contribution is 5.21. The van der Waals surface area contributed by atoms with Gasteiger partial charge < -0.3 is 0 Å². The van der Waals surface area contributed by atoms with Gasteiger partial charge in [-0.2, -0.15) is 0 Å². The van der Waals surface area contributed by atoms with E-state index in [-0.39, 0.29) is 0 Å². The van der Waals surface area contributed by atoms with Gasteiger partial charge >= 0.3 is 0 Å². The molecule has 0 aromatic carbocycles. The molecule has 0 amide bonds. The Morgan fingerprint density at radius 2 is 2.27 bits per heavy atom. The van der Waals surface area contributed by atoms with Gasteiger partial charge in [-0.3, -0.25) is 10.1 Å². The normalized spacial score (nSPS) is 35.6. The molecule has 0 spiro atoms. The fourth-order valence-corrected chi connectivity index (χ4v) is 0.976. The second-order valence-electron chi connectivity index (χ2n) is 2.63. The van der Waals surface area contributed by atoms with Crippen molar-refractivity contribution in [1.29, 1.82) is 0 Å². The summed E-state index contributed by atoms with van der Waals surface area (Å²) in [6, 6.07) is -1.24. The van der Waals surface area contributed by atoms with E-state index in [0.717, 1.165) is 0 Å². The third-order valence-electron chi connectivity index (χ3n) is 1.63. The number of hydrogen-bond donors (Lipinski definition) is 0. The highest BCUT2D eigenvalue weighted by Crippen LogP contribution is 2.23. The summed E-state index contributed by atoms with van der Waals surface area (Å²) in [5.74, 6) is 0. The molecule has 4 heteroatoms. The first-order chi connectivity index (χ1) is 5.04. The number of hydrogen-bond acceptors (Lipinski definition) is 2. The molecule has 0 saturated heterocycles. The van der Waals surface area contributed by atoms with Gasteiger partial charge in [0.2, 0.25) is 0 Å². The van der Waals surface area contributed by atoms with E-state index >= 15 is 0 Å². The minimum absolute atomic E-state index is 0.625. The van der Waals surface area contributed by atoms with Gasteiger partial charge in [-0.05, 0) is 19.1 Å². The predicted octanol–water partition coefficient (Wildman–Crippen LogP) is 1.49. The van der Waals surface area contributed by atoms with Crippen LogP contribution in [-0.4, -0.2) is 16.6 Å². The van der Waals surface area contributed by atoms with Crippen LogP contribution in [0.2, 0.25) is 0 Å². The van der Waals surface area contributed by atoms with E-state index in [0.29, 0.717) is 0 Å². The summed E-state index contributed by atoms with van der Waals surface area (Å²) in [6.45, 7) is 1.19. The van der Waals surface area contributed by atoms with Crippen LogP contribution in [0.5, 0.6) is 0 Å². The minimum atomic E-state index is -1.85. The molecular formula is C7H8FNO2. The third-order valence-corrected chi connectivity index (χ3v) is 1.63. The maximum atomic E-state index is 13.2. The smallest absolute Gasteiger partial charge is 0.264 e. The summed E-state index contributed by atoms with van der Waals surface area (Å²) in [6.07, 6.45) is 5.40. The molecule has 0 heterocycles. The average molecular weight is 157 g/mol. The summed E-state index contributed by atoms with van der Waals surface area (Å²) < 4.78 is 13.2. The molecule has 0 aromatic rings. The van der Waals surface area contributed by atoms with E-state index in [1.165, 1.54) is 31.2 Å². The van der Waals surface area contributed by atoms with E-state index in [4.69, 9.17) is 0 Å². The second-order valence-corrected chi connectivity index (χ2v) is 2.63. The van der Waals surface area contributed by atoms with Crippen LogP contribution in [0.3, 0.4) is 0 Å². The minimum Gasteiger partial charge on any atom is -0.264 e. The molecule has 0 radical (unpaired) electrons. The zero-order valence-electron chi connectivity index (χ0n) is 6.03. The number of allylic oxidation sites excluding steroid dienone is 2. The number of nitro groups is 1. The van der Waals surface area contributed by atoms with Gasteiger partial charge in [-0.1, -0.05) is 12.2 Å². The molecule has 0 fully saturated rings. The molecule has 2 unspecified atom stereocenters. The summed E-state index contributed by atoms with van der Waals surface area (Å²) in [5, 5.41) is 10.3. The maximum absolute atomic E-state index is 13.2. The molecular weight excluding hydrogens is 149 g/mol. The van der Waals surface area contributed by atoms with Gasteiger partial charge in [0.25, 0.3) is 6.04 Å². The van der Waals surface area contributed by atoms with E-state index in [1.807, 2.05) is 0 Å².